The molecule has 0 amide bonds. The molecular weight excluding hydrogens is 380 g/mol. The summed E-state index contributed by atoms with van der Waals surface area (Å²) in [7, 11) is 1.99. The Morgan fingerprint density at radius 2 is 1.64 bits per heavy atom. The topological polar surface area (TPSA) is 62.8 Å². The molecule has 0 bridgehead atoms. The average molecular weight is 410 g/mol. The van der Waals surface area contributed by atoms with Crippen molar-refractivity contribution in [3.8, 4) is 0 Å². The van der Waals surface area contributed by atoms with E-state index in [9.17, 15) is 4.79 Å². The van der Waals surface area contributed by atoms with E-state index in [4.69, 9.17) is 18.9 Å². The summed E-state index contributed by atoms with van der Waals surface area (Å²) >= 11 is 1.52. The second-order valence-corrected chi connectivity index (χ2v) is 6.84. The fourth-order valence-corrected chi connectivity index (χ4v) is 3.02. The zero-order valence-electron chi connectivity index (χ0n) is 16.5. The van der Waals surface area contributed by atoms with Gasteiger partial charge < -0.3 is 18.9 Å². The lowest BCUT2D eigenvalue weighted by Gasteiger charge is -2.09. The predicted octanol–water partition coefficient (Wildman–Crippen LogP) is 1.94. The van der Waals surface area contributed by atoms with Crippen molar-refractivity contribution < 1.29 is 28.3 Å². The molecule has 0 N–H and O–H groups in total. The van der Waals surface area contributed by atoms with Gasteiger partial charge in [0.2, 0.25) is 6.33 Å². The van der Waals surface area contributed by atoms with Crippen LogP contribution in [0.3, 0.4) is 0 Å². The SMILES string of the molecule is CSc1ccccc1C(=O)OCCOCCOCCOCCn1cc[n+](C)c1. The van der Waals surface area contributed by atoms with Crippen LogP contribution in [0.25, 0.3) is 0 Å². The van der Waals surface area contributed by atoms with Gasteiger partial charge in [0.05, 0.1) is 52.3 Å². The van der Waals surface area contributed by atoms with Crippen LogP contribution in [-0.4, -0.2) is 63.0 Å². The van der Waals surface area contributed by atoms with Crippen LogP contribution in [0.2, 0.25) is 0 Å². The summed E-state index contributed by atoms with van der Waals surface area (Å²) in [5.74, 6) is -0.324. The number of rotatable bonds is 14. The van der Waals surface area contributed by atoms with Crippen molar-refractivity contribution in [1.82, 2.24) is 4.57 Å². The van der Waals surface area contributed by atoms with Gasteiger partial charge in [0.1, 0.15) is 25.5 Å². The largest absolute Gasteiger partial charge is 0.460 e. The third-order valence-corrected chi connectivity index (χ3v) is 4.65. The highest BCUT2D eigenvalue weighted by atomic mass is 32.2. The minimum absolute atomic E-state index is 0.224. The summed E-state index contributed by atoms with van der Waals surface area (Å²) in [6, 6.07) is 7.40. The quantitative estimate of drug-likeness (QED) is 0.206. The molecular formula is C20H29N2O5S+. The van der Waals surface area contributed by atoms with Gasteiger partial charge in [-0.15, -0.1) is 11.8 Å². The van der Waals surface area contributed by atoms with Crippen molar-refractivity contribution in [2.75, 3.05) is 52.5 Å². The molecule has 0 aliphatic carbocycles. The molecule has 8 heteroatoms. The first-order chi connectivity index (χ1) is 13.7. The molecule has 0 saturated carbocycles. The first-order valence-electron chi connectivity index (χ1n) is 9.25. The molecule has 7 nitrogen and oxygen atoms in total. The van der Waals surface area contributed by atoms with Gasteiger partial charge in [-0.05, 0) is 18.4 Å². The Morgan fingerprint density at radius 3 is 2.29 bits per heavy atom. The number of carbonyl (C=O) groups excluding carboxylic acids is 1. The monoisotopic (exact) mass is 409 g/mol. The number of benzene rings is 1. The van der Waals surface area contributed by atoms with Crippen molar-refractivity contribution in [1.29, 1.82) is 0 Å². The third-order valence-electron chi connectivity index (χ3n) is 3.85. The number of imidazole rings is 1. The number of ether oxygens (including phenoxy) is 4. The van der Waals surface area contributed by atoms with Gasteiger partial charge in [-0.25, -0.2) is 13.9 Å². The Morgan fingerprint density at radius 1 is 1.00 bits per heavy atom. The molecule has 0 fully saturated rings. The van der Waals surface area contributed by atoms with E-state index in [1.807, 2.05) is 54.8 Å². The molecule has 28 heavy (non-hydrogen) atoms. The van der Waals surface area contributed by atoms with Crippen molar-refractivity contribution in [2.45, 2.75) is 11.4 Å². The predicted molar refractivity (Wildman–Crippen MR) is 107 cm³/mol. The molecule has 0 atom stereocenters. The summed E-state index contributed by atoms with van der Waals surface area (Å²) in [6.45, 7) is 4.08. The zero-order valence-corrected chi connectivity index (χ0v) is 17.4. The van der Waals surface area contributed by atoms with Crippen LogP contribution in [0, 0.1) is 0 Å². The van der Waals surface area contributed by atoms with E-state index in [0.717, 1.165) is 11.4 Å². The molecule has 0 radical (unpaired) electrons. The van der Waals surface area contributed by atoms with Crippen LogP contribution in [-0.2, 0) is 32.5 Å². The van der Waals surface area contributed by atoms with Crippen molar-refractivity contribution in [3.63, 3.8) is 0 Å². The lowest BCUT2D eigenvalue weighted by Crippen LogP contribution is -2.24. The molecule has 1 aromatic heterocycles. The van der Waals surface area contributed by atoms with E-state index in [1.165, 1.54) is 11.8 Å². The number of hydrogen-bond donors (Lipinski definition) is 0. The maximum atomic E-state index is 12.0. The zero-order chi connectivity index (χ0) is 20.0. The number of nitrogens with zero attached hydrogens (tertiary/aromatic N) is 2. The normalized spacial score (nSPS) is 10.9. The molecule has 0 saturated heterocycles. The fraction of sp³-hybridized carbons (Fsp3) is 0.500. The maximum Gasteiger partial charge on any atom is 0.339 e. The Labute approximate surface area is 170 Å². The van der Waals surface area contributed by atoms with E-state index in [1.54, 1.807) is 6.07 Å². The van der Waals surface area contributed by atoms with Gasteiger partial charge in [0.25, 0.3) is 0 Å². The summed E-state index contributed by atoms with van der Waals surface area (Å²) in [4.78, 5) is 13.0. The number of thioether (sulfide) groups is 1. The maximum absolute atomic E-state index is 12.0. The third kappa shape index (κ3) is 8.43. The Balaban J connectivity index is 1.40. The van der Waals surface area contributed by atoms with Gasteiger partial charge in [0.15, 0.2) is 0 Å². The van der Waals surface area contributed by atoms with Crippen LogP contribution in [0.15, 0.2) is 47.9 Å². The van der Waals surface area contributed by atoms with Crippen LogP contribution >= 0.6 is 11.8 Å². The first kappa shape index (κ1) is 22.4. The minimum atomic E-state index is -0.324. The number of aryl methyl sites for hydroxylation is 1. The molecule has 2 aromatic rings. The summed E-state index contributed by atoms with van der Waals surface area (Å²) < 4.78 is 25.7. The lowest BCUT2D eigenvalue weighted by molar-refractivity contribution is -0.671. The van der Waals surface area contributed by atoms with E-state index < -0.39 is 0 Å². The molecule has 1 heterocycles. The van der Waals surface area contributed by atoms with E-state index in [2.05, 4.69) is 4.57 Å². The minimum Gasteiger partial charge on any atom is -0.460 e. The summed E-state index contributed by atoms with van der Waals surface area (Å²) in [6.07, 6.45) is 7.95. The number of aromatic nitrogens is 2. The van der Waals surface area contributed by atoms with Crippen LogP contribution in [0.5, 0.6) is 0 Å². The van der Waals surface area contributed by atoms with Gasteiger partial charge in [-0.3, -0.25) is 0 Å². The van der Waals surface area contributed by atoms with Crippen LogP contribution < -0.4 is 4.57 Å². The number of hydrogen-bond acceptors (Lipinski definition) is 6. The van der Waals surface area contributed by atoms with Gasteiger partial charge >= 0.3 is 5.97 Å². The lowest BCUT2D eigenvalue weighted by atomic mass is 10.2. The smallest absolute Gasteiger partial charge is 0.339 e. The fourth-order valence-electron chi connectivity index (χ4n) is 2.43. The van der Waals surface area contributed by atoms with E-state index in [-0.39, 0.29) is 12.6 Å². The second-order valence-electron chi connectivity index (χ2n) is 5.99. The standard InChI is InChI=1S/C20H29N2O5S/c1-21-7-8-22(17-21)9-10-24-11-12-25-13-14-26-15-16-27-20(23)18-5-3-4-6-19(18)28-2/h3-8,17H,9-16H2,1-2H3/q+1. The molecule has 1 aromatic carbocycles. The molecule has 154 valence electrons. The molecule has 0 aliphatic heterocycles. The molecule has 0 unspecified atom stereocenters. The average Bonchev–Trinajstić information content (AvgIpc) is 3.13. The highest BCUT2D eigenvalue weighted by molar-refractivity contribution is 7.98. The number of esters is 1. The first-order valence-corrected chi connectivity index (χ1v) is 10.5. The molecule has 0 spiro atoms. The van der Waals surface area contributed by atoms with E-state index in [0.29, 0.717) is 45.2 Å². The second kappa shape index (κ2) is 13.3. The highest BCUT2D eigenvalue weighted by Gasteiger charge is 2.11. The highest BCUT2D eigenvalue weighted by Crippen LogP contribution is 2.20. The molecule has 2 rings (SSSR count). The van der Waals surface area contributed by atoms with Gasteiger partial charge in [0, 0.05) is 4.90 Å². The van der Waals surface area contributed by atoms with Crippen LogP contribution in [0.1, 0.15) is 10.4 Å². The van der Waals surface area contributed by atoms with E-state index >= 15 is 0 Å². The number of carbonyl (C=O) groups is 1. The van der Waals surface area contributed by atoms with Crippen LogP contribution in [0.4, 0.5) is 0 Å². The Bertz CT molecular complexity index is 707. The Hall–Kier alpha value is -1.87. The van der Waals surface area contributed by atoms with Gasteiger partial charge in [-0.2, -0.15) is 0 Å². The van der Waals surface area contributed by atoms with Crippen molar-refractivity contribution in [3.05, 3.63) is 48.5 Å². The van der Waals surface area contributed by atoms with Crippen molar-refractivity contribution >= 4 is 17.7 Å². The Kier molecular flexibility index (Phi) is 10.7. The molecule has 0 aliphatic rings. The summed E-state index contributed by atoms with van der Waals surface area (Å²) in [5.41, 5.74) is 0.587. The summed E-state index contributed by atoms with van der Waals surface area (Å²) in [5, 5.41) is 0. The van der Waals surface area contributed by atoms with Gasteiger partial charge in [-0.1, -0.05) is 12.1 Å². The van der Waals surface area contributed by atoms with Crippen molar-refractivity contribution in [2.24, 2.45) is 7.05 Å².